The molecule has 0 unspecified atom stereocenters. The Hall–Kier alpha value is -1.07. The Labute approximate surface area is 125 Å². The van der Waals surface area contributed by atoms with Crippen LogP contribution in [0.4, 0.5) is 25.1 Å². The SMILES string of the molecule is CC(C)OCCS(=O)(=O)Nc1ccc(S(F)(F)(F)(F)F)cc1. The maximum Gasteiger partial charge on any atom is 0.310 e. The van der Waals surface area contributed by atoms with E-state index in [0.29, 0.717) is 12.1 Å². The fourth-order valence-corrected chi connectivity index (χ4v) is 2.97. The summed E-state index contributed by atoms with van der Waals surface area (Å²) in [7, 11) is -13.6. The molecule has 130 valence electrons. The number of hydrogen-bond donors (Lipinski definition) is 1. The van der Waals surface area contributed by atoms with Gasteiger partial charge in [0.05, 0.1) is 18.5 Å². The van der Waals surface area contributed by atoms with Crippen molar-refractivity contribution in [3.8, 4) is 0 Å². The number of benzene rings is 1. The lowest BCUT2D eigenvalue weighted by Crippen LogP contribution is -2.21. The lowest BCUT2D eigenvalue weighted by atomic mass is 10.3. The molecular formula is C11H16F5NO3S2. The van der Waals surface area contributed by atoms with Crippen LogP contribution in [0.15, 0.2) is 29.2 Å². The standard InChI is InChI=1S/C11H16F5NO3S2/c1-9(2)20-7-8-21(18,19)17-10-3-5-11(6-4-10)22(12,13,14,15)16/h3-6,9,17H,7-8H2,1-2H3. The first kappa shape index (κ1) is 19.0. The predicted octanol–water partition coefficient (Wildman–Crippen LogP) is 4.51. The Balaban J connectivity index is 2.81. The van der Waals surface area contributed by atoms with Gasteiger partial charge in [-0.25, -0.2) is 8.42 Å². The van der Waals surface area contributed by atoms with Crippen LogP contribution >= 0.6 is 10.2 Å². The highest BCUT2D eigenvalue weighted by Gasteiger charge is 2.65. The van der Waals surface area contributed by atoms with Crippen molar-refractivity contribution in [3.63, 3.8) is 0 Å². The summed E-state index contributed by atoms with van der Waals surface area (Å²) in [6.07, 6.45) is -0.174. The van der Waals surface area contributed by atoms with Gasteiger partial charge in [0, 0.05) is 5.69 Å². The van der Waals surface area contributed by atoms with Gasteiger partial charge in [0.15, 0.2) is 0 Å². The van der Waals surface area contributed by atoms with Crippen LogP contribution in [-0.2, 0) is 14.8 Å². The maximum absolute atomic E-state index is 12.5. The van der Waals surface area contributed by atoms with Crippen molar-refractivity contribution in [3.05, 3.63) is 24.3 Å². The van der Waals surface area contributed by atoms with Crippen LogP contribution in [0.5, 0.6) is 0 Å². The number of halogens is 5. The Morgan fingerprint density at radius 2 is 1.59 bits per heavy atom. The third kappa shape index (κ3) is 6.36. The molecule has 1 rings (SSSR count). The van der Waals surface area contributed by atoms with Gasteiger partial charge in [0.2, 0.25) is 10.0 Å². The third-order valence-corrected chi connectivity index (χ3v) is 4.79. The largest absolute Gasteiger partial charge is 0.378 e. The Kier molecular flexibility index (Phi) is 4.52. The van der Waals surface area contributed by atoms with Gasteiger partial charge in [0.1, 0.15) is 4.90 Å². The van der Waals surface area contributed by atoms with E-state index in [9.17, 15) is 27.8 Å². The molecule has 22 heavy (non-hydrogen) atoms. The molecule has 1 N–H and O–H groups in total. The molecule has 1 aromatic rings. The van der Waals surface area contributed by atoms with Gasteiger partial charge in [-0.05, 0) is 38.1 Å². The van der Waals surface area contributed by atoms with Crippen molar-refractivity contribution in [2.75, 3.05) is 17.1 Å². The summed E-state index contributed by atoms with van der Waals surface area (Å²) in [5.74, 6) is -0.408. The van der Waals surface area contributed by atoms with E-state index in [1.54, 1.807) is 13.8 Å². The minimum Gasteiger partial charge on any atom is -0.378 e. The number of sulfonamides is 1. The molecule has 0 spiro atoms. The molecule has 0 aliphatic carbocycles. The van der Waals surface area contributed by atoms with Crippen LogP contribution in [0.3, 0.4) is 0 Å². The van der Waals surface area contributed by atoms with Crippen LogP contribution in [0.1, 0.15) is 13.8 Å². The van der Waals surface area contributed by atoms with Crippen LogP contribution in [0, 0.1) is 0 Å². The predicted molar refractivity (Wildman–Crippen MR) is 76.3 cm³/mol. The molecule has 11 heteroatoms. The zero-order valence-electron chi connectivity index (χ0n) is 11.7. The summed E-state index contributed by atoms with van der Waals surface area (Å²) in [4.78, 5) is -2.08. The molecule has 0 aromatic heterocycles. The first-order chi connectivity index (χ1) is 9.59. The topological polar surface area (TPSA) is 55.4 Å². The highest BCUT2D eigenvalue weighted by Crippen LogP contribution is 3.02. The Morgan fingerprint density at radius 1 is 1.09 bits per heavy atom. The first-order valence-corrected chi connectivity index (χ1v) is 9.66. The van der Waals surface area contributed by atoms with Gasteiger partial charge in [-0.2, -0.15) is 0 Å². The van der Waals surface area contributed by atoms with Gasteiger partial charge >= 0.3 is 10.2 Å². The van der Waals surface area contributed by atoms with Crippen molar-refractivity contribution in [2.45, 2.75) is 24.8 Å². The highest BCUT2D eigenvalue weighted by molar-refractivity contribution is 8.45. The van der Waals surface area contributed by atoms with E-state index in [-0.39, 0.29) is 30.5 Å². The molecule has 0 radical (unpaired) electrons. The van der Waals surface area contributed by atoms with Gasteiger partial charge < -0.3 is 4.74 Å². The summed E-state index contributed by atoms with van der Waals surface area (Å²) >= 11 is 0. The lowest BCUT2D eigenvalue weighted by molar-refractivity contribution is 0.0913. The van der Waals surface area contributed by atoms with E-state index >= 15 is 0 Å². The zero-order chi connectivity index (χ0) is 17.3. The van der Waals surface area contributed by atoms with E-state index in [1.807, 2.05) is 4.72 Å². The van der Waals surface area contributed by atoms with Gasteiger partial charge in [-0.15, -0.1) is 0 Å². The lowest BCUT2D eigenvalue weighted by Gasteiger charge is -2.40. The molecule has 0 heterocycles. The molecule has 0 saturated heterocycles. The molecular weight excluding hydrogens is 353 g/mol. The second-order valence-electron chi connectivity index (χ2n) is 4.83. The summed E-state index contributed by atoms with van der Waals surface area (Å²) in [5.41, 5.74) is -0.241. The van der Waals surface area contributed by atoms with Crippen LogP contribution in [0.2, 0.25) is 0 Å². The zero-order valence-corrected chi connectivity index (χ0v) is 13.4. The summed E-state index contributed by atoms with van der Waals surface area (Å²) in [6.45, 7) is 3.31. The summed E-state index contributed by atoms with van der Waals surface area (Å²) in [5, 5.41) is 0. The van der Waals surface area contributed by atoms with Crippen molar-refractivity contribution < 1.29 is 32.6 Å². The number of ether oxygens (including phenoxy) is 1. The normalized spacial score (nSPS) is 16.2. The number of nitrogens with one attached hydrogen (secondary N) is 1. The molecule has 0 amide bonds. The second-order valence-corrected chi connectivity index (χ2v) is 9.09. The molecule has 0 bridgehead atoms. The molecule has 1 aromatic carbocycles. The molecule has 0 aliphatic rings. The smallest absolute Gasteiger partial charge is 0.310 e. The maximum atomic E-state index is 12.5. The van der Waals surface area contributed by atoms with Crippen molar-refractivity contribution >= 4 is 25.9 Å². The van der Waals surface area contributed by atoms with Crippen LogP contribution in [0.25, 0.3) is 0 Å². The fraction of sp³-hybridized carbons (Fsp3) is 0.455. The van der Waals surface area contributed by atoms with E-state index in [4.69, 9.17) is 4.74 Å². The molecule has 0 fully saturated rings. The third-order valence-electron chi connectivity index (χ3n) is 2.38. The minimum atomic E-state index is -9.75. The fourth-order valence-electron chi connectivity index (χ4n) is 1.40. The van der Waals surface area contributed by atoms with E-state index in [0.717, 1.165) is 0 Å². The van der Waals surface area contributed by atoms with Crippen molar-refractivity contribution in [2.24, 2.45) is 0 Å². The first-order valence-electron chi connectivity index (χ1n) is 6.05. The van der Waals surface area contributed by atoms with Crippen LogP contribution < -0.4 is 4.72 Å². The summed E-state index contributed by atoms with van der Waals surface area (Å²) < 4.78 is 92.8. The van der Waals surface area contributed by atoms with Gasteiger partial charge in [-0.1, -0.05) is 19.4 Å². The minimum absolute atomic E-state index is 0.101. The number of rotatable bonds is 7. The van der Waals surface area contributed by atoms with E-state index < -0.39 is 30.9 Å². The summed E-state index contributed by atoms with van der Waals surface area (Å²) in [6, 6.07) is 1.55. The number of anilines is 1. The molecule has 0 saturated carbocycles. The van der Waals surface area contributed by atoms with Crippen molar-refractivity contribution in [1.82, 2.24) is 0 Å². The average Bonchev–Trinajstić information content (AvgIpc) is 2.24. The average molecular weight is 369 g/mol. The van der Waals surface area contributed by atoms with Gasteiger partial charge in [-0.3, -0.25) is 4.72 Å². The highest BCUT2D eigenvalue weighted by atomic mass is 32.5. The second kappa shape index (κ2) is 5.24. The monoisotopic (exact) mass is 369 g/mol. The van der Waals surface area contributed by atoms with Crippen LogP contribution in [-0.4, -0.2) is 26.9 Å². The van der Waals surface area contributed by atoms with E-state index in [1.165, 1.54) is 0 Å². The number of hydrogen-bond acceptors (Lipinski definition) is 3. The molecule has 0 atom stereocenters. The van der Waals surface area contributed by atoms with Crippen molar-refractivity contribution in [1.29, 1.82) is 0 Å². The van der Waals surface area contributed by atoms with Gasteiger partial charge in [0.25, 0.3) is 0 Å². The quantitative estimate of drug-likeness (QED) is 0.720. The molecule has 0 aliphatic heterocycles. The van der Waals surface area contributed by atoms with E-state index in [2.05, 4.69) is 0 Å². The Bertz CT molecular complexity index is 626. The Morgan fingerprint density at radius 3 is 2.00 bits per heavy atom. The molecule has 4 nitrogen and oxygen atoms in total.